The molecule has 2 rings (SSSR count). The SMILES string of the molecule is Cc1ccc(N([C@@H](C)C(=O)NCCSc2ccccc2)S(C)(=O)=O)cc1. The Kier molecular flexibility index (Phi) is 7.11. The van der Waals surface area contributed by atoms with Crippen LogP contribution in [-0.2, 0) is 14.8 Å². The minimum atomic E-state index is -3.58. The molecule has 1 atom stereocenters. The van der Waals surface area contributed by atoms with Gasteiger partial charge in [0, 0.05) is 17.2 Å². The molecule has 0 aromatic heterocycles. The number of nitrogens with one attached hydrogen (secondary N) is 1. The first-order valence-electron chi connectivity index (χ1n) is 8.30. The maximum Gasteiger partial charge on any atom is 0.243 e. The standard InChI is InChI=1S/C19H24N2O3S2/c1-15-9-11-17(12-10-15)21(26(3,23)24)16(2)19(22)20-13-14-25-18-7-5-4-6-8-18/h4-12,16H,13-14H2,1-3H3,(H,20,22)/t16-/m0/s1. The maximum absolute atomic E-state index is 12.5. The number of hydrogen-bond donors (Lipinski definition) is 1. The van der Waals surface area contributed by atoms with E-state index in [1.54, 1.807) is 30.8 Å². The first kappa shape index (κ1) is 20.3. The summed E-state index contributed by atoms with van der Waals surface area (Å²) in [6, 6.07) is 16.2. The fourth-order valence-electron chi connectivity index (χ4n) is 2.51. The Morgan fingerprint density at radius 3 is 2.31 bits per heavy atom. The summed E-state index contributed by atoms with van der Waals surface area (Å²) in [7, 11) is -3.58. The zero-order valence-corrected chi connectivity index (χ0v) is 16.8. The van der Waals surface area contributed by atoms with Crippen LogP contribution in [-0.4, -0.2) is 38.9 Å². The van der Waals surface area contributed by atoms with Crippen molar-refractivity contribution in [2.45, 2.75) is 24.8 Å². The van der Waals surface area contributed by atoms with Crippen molar-refractivity contribution in [3.63, 3.8) is 0 Å². The predicted octanol–water partition coefficient (Wildman–Crippen LogP) is 3.06. The van der Waals surface area contributed by atoms with E-state index < -0.39 is 16.1 Å². The largest absolute Gasteiger partial charge is 0.353 e. The van der Waals surface area contributed by atoms with Crippen molar-refractivity contribution < 1.29 is 13.2 Å². The van der Waals surface area contributed by atoms with Gasteiger partial charge in [-0.15, -0.1) is 11.8 Å². The molecule has 1 N–H and O–H groups in total. The van der Waals surface area contributed by atoms with Crippen molar-refractivity contribution in [2.75, 3.05) is 22.9 Å². The predicted molar refractivity (Wildman–Crippen MR) is 108 cm³/mol. The van der Waals surface area contributed by atoms with Crippen molar-refractivity contribution in [3.8, 4) is 0 Å². The molecule has 26 heavy (non-hydrogen) atoms. The second-order valence-electron chi connectivity index (χ2n) is 6.02. The molecule has 0 saturated carbocycles. The topological polar surface area (TPSA) is 66.5 Å². The summed E-state index contributed by atoms with van der Waals surface area (Å²) >= 11 is 1.64. The summed E-state index contributed by atoms with van der Waals surface area (Å²) in [5.41, 5.74) is 1.51. The zero-order chi connectivity index (χ0) is 19.2. The molecule has 0 unspecified atom stereocenters. The first-order chi connectivity index (χ1) is 12.3. The van der Waals surface area contributed by atoms with Gasteiger partial charge in [-0.2, -0.15) is 0 Å². The molecule has 0 bridgehead atoms. The average molecular weight is 393 g/mol. The van der Waals surface area contributed by atoms with Crippen molar-refractivity contribution in [1.29, 1.82) is 0 Å². The van der Waals surface area contributed by atoms with Gasteiger partial charge in [-0.25, -0.2) is 8.42 Å². The lowest BCUT2D eigenvalue weighted by atomic mass is 10.2. The van der Waals surface area contributed by atoms with Crippen LogP contribution in [0.5, 0.6) is 0 Å². The van der Waals surface area contributed by atoms with Crippen LogP contribution < -0.4 is 9.62 Å². The summed E-state index contributed by atoms with van der Waals surface area (Å²) in [6.07, 6.45) is 1.11. The number of aryl methyl sites for hydroxylation is 1. The van der Waals surface area contributed by atoms with Gasteiger partial charge in [-0.05, 0) is 38.1 Å². The highest BCUT2D eigenvalue weighted by molar-refractivity contribution is 7.99. The molecule has 0 heterocycles. The normalized spacial score (nSPS) is 12.4. The summed E-state index contributed by atoms with van der Waals surface area (Å²) in [5, 5.41) is 2.82. The number of rotatable bonds is 8. The molecule has 2 aromatic rings. The number of hydrogen-bond acceptors (Lipinski definition) is 4. The van der Waals surface area contributed by atoms with Gasteiger partial charge in [0.05, 0.1) is 11.9 Å². The number of thioether (sulfide) groups is 1. The van der Waals surface area contributed by atoms with Crippen molar-refractivity contribution >= 4 is 33.4 Å². The van der Waals surface area contributed by atoms with E-state index in [9.17, 15) is 13.2 Å². The van der Waals surface area contributed by atoms with Crippen LogP contribution in [0.3, 0.4) is 0 Å². The van der Waals surface area contributed by atoms with Crippen molar-refractivity contribution in [1.82, 2.24) is 5.32 Å². The second kappa shape index (κ2) is 9.09. The van der Waals surface area contributed by atoms with E-state index in [1.807, 2.05) is 49.4 Å². The number of carbonyl (C=O) groups excluding carboxylic acids is 1. The molecule has 0 aliphatic heterocycles. The van der Waals surface area contributed by atoms with Crippen LogP contribution in [0, 0.1) is 6.92 Å². The number of nitrogens with zero attached hydrogens (tertiary/aromatic N) is 1. The summed E-state index contributed by atoms with van der Waals surface area (Å²) < 4.78 is 25.6. The van der Waals surface area contributed by atoms with Gasteiger partial charge in [0.15, 0.2) is 0 Å². The minimum Gasteiger partial charge on any atom is -0.353 e. The highest BCUT2D eigenvalue weighted by Crippen LogP contribution is 2.21. The second-order valence-corrected chi connectivity index (χ2v) is 9.05. The number of carbonyl (C=O) groups is 1. The van der Waals surface area contributed by atoms with E-state index in [4.69, 9.17) is 0 Å². The molecule has 0 radical (unpaired) electrons. The van der Waals surface area contributed by atoms with E-state index in [2.05, 4.69) is 5.32 Å². The van der Waals surface area contributed by atoms with Crippen molar-refractivity contribution in [3.05, 3.63) is 60.2 Å². The highest BCUT2D eigenvalue weighted by atomic mass is 32.2. The van der Waals surface area contributed by atoms with Gasteiger partial charge in [-0.1, -0.05) is 35.9 Å². The molecular formula is C19H24N2O3S2. The summed E-state index contributed by atoms with van der Waals surface area (Å²) in [4.78, 5) is 13.6. The Morgan fingerprint density at radius 2 is 1.73 bits per heavy atom. The Morgan fingerprint density at radius 1 is 1.12 bits per heavy atom. The number of benzene rings is 2. The fourth-order valence-corrected chi connectivity index (χ4v) is 4.47. The van der Waals surface area contributed by atoms with Gasteiger partial charge < -0.3 is 5.32 Å². The Hall–Kier alpha value is -1.99. The number of sulfonamides is 1. The zero-order valence-electron chi connectivity index (χ0n) is 15.2. The van der Waals surface area contributed by atoms with E-state index in [1.165, 1.54) is 0 Å². The maximum atomic E-state index is 12.5. The monoisotopic (exact) mass is 392 g/mol. The lowest BCUT2D eigenvalue weighted by Gasteiger charge is -2.28. The summed E-state index contributed by atoms with van der Waals surface area (Å²) in [5.74, 6) is 0.399. The molecule has 7 heteroatoms. The lowest BCUT2D eigenvalue weighted by Crippen LogP contribution is -2.48. The molecule has 5 nitrogen and oxygen atoms in total. The summed E-state index contributed by atoms with van der Waals surface area (Å²) in [6.45, 7) is 3.99. The third kappa shape index (κ3) is 5.78. The van der Waals surface area contributed by atoms with Crippen molar-refractivity contribution in [2.24, 2.45) is 0 Å². The van der Waals surface area contributed by atoms with Crippen LogP contribution in [0.15, 0.2) is 59.5 Å². The molecule has 0 aliphatic carbocycles. The van der Waals surface area contributed by atoms with Crippen LogP contribution in [0.2, 0.25) is 0 Å². The number of anilines is 1. The third-order valence-corrected chi connectivity index (χ3v) is 6.05. The van der Waals surface area contributed by atoms with Gasteiger partial charge in [0.2, 0.25) is 15.9 Å². The van der Waals surface area contributed by atoms with Gasteiger partial charge in [0.1, 0.15) is 6.04 Å². The van der Waals surface area contributed by atoms with E-state index in [0.717, 1.165) is 21.0 Å². The van der Waals surface area contributed by atoms with Gasteiger partial charge >= 0.3 is 0 Å². The molecule has 1 amide bonds. The molecule has 140 valence electrons. The Bertz CT molecular complexity index is 822. The highest BCUT2D eigenvalue weighted by Gasteiger charge is 2.28. The van der Waals surface area contributed by atoms with E-state index in [0.29, 0.717) is 18.0 Å². The minimum absolute atomic E-state index is 0.315. The van der Waals surface area contributed by atoms with E-state index >= 15 is 0 Å². The smallest absolute Gasteiger partial charge is 0.243 e. The van der Waals surface area contributed by atoms with Crippen LogP contribution in [0.1, 0.15) is 12.5 Å². The quantitative estimate of drug-likeness (QED) is 0.554. The first-order valence-corrected chi connectivity index (χ1v) is 11.1. The van der Waals surface area contributed by atoms with E-state index in [-0.39, 0.29) is 5.91 Å². The van der Waals surface area contributed by atoms with Gasteiger partial charge in [0.25, 0.3) is 0 Å². The molecule has 0 fully saturated rings. The molecule has 0 saturated heterocycles. The van der Waals surface area contributed by atoms with Crippen LogP contribution in [0.25, 0.3) is 0 Å². The lowest BCUT2D eigenvalue weighted by molar-refractivity contribution is -0.121. The Balaban J connectivity index is 1.98. The molecular weight excluding hydrogens is 368 g/mol. The average Bonchev–Trinajstić information content (AvgIpc) is 2.60. The molecule has 2 aromatic carbocycles. The number of amides is 1. The third-order valence-electron chi connectivity index (χ3n) is 3.79. The fraction of sp³-hybridized carbons (Fsp3) is 0.316. The van der Waals surface area contributed by atoms with Gasteiger partial charge in [-0.3, -0.25) is 9.10 Å². The van der Waals surface area contributed by atoms with Crippen LogP contribution in [0.4, 0.5) is 5.69 Å². The van der Waals surface area contributed by atoms with Crippen LogP contribution >= 0.6 is 11.8 Å². The Labute approximate surface area is 159 Å². The molecule has 0 aliphatic rings. The molecule has 0 spiro atoms.